The molecule has 2 amide bonds. The third-order valence-corrected chi connectivity index (χ3v) is 4.29. The molecule has 0 saturated heterocycles. The summed E-state index contributed by atoms with van der Waals surface area (Å²) in [7, 11) is 0. The van der Waals surface area contributed by atoms with E-state index in [9.17, 15) is 14.4 Å². The minimum atomic E-state index is -0.975. The van der Waals surface area contributed by atoms with Gasteiger partial charge < -0.3 is 15.7 Å². The molecule has 3 N–H and O–H groups in total. The van der Waals surface area contributed by atoms with Crippen LogP contribution in [-0.4, -0.2) is 29.4 Å². The Hall–Kier alpha value is -1.89. The molecule has 0 aliphatic heterocycles. The Labute approximate surface area is 149 Å². The molecule has 1 aliphatic carbocycles. The fourth-order valence-corrected chi connectivity index (χ4v) is 2.78. The molecule has 0 spiro atoms. The van der Waals surface area contributed by atoms with Crippen LogP contribution in [0.1, 0.15) is 43.7 Å². The van der Waals surface area contributed by atoms with Gasteiger partial charge in [-0.3, -0.25) is 14.4 Å². The van der Waals surface area contributed by atoms with E-state index < -0.39 is 12.0 Å². The smallest absolute Gasteiger partial charge is 0.305 e. The first-order chi connectivity index (χ1) is 11.5. The number of carboxylic acids is 1. The zero-order valence-electron chi connectivity index (χ0n) is 13.3. The second-order valence-corrected chi connectivity index (χ2v) is 6.86. The van der Waals surface area contributed by atoms with Crippen LogP contribution in [0.15, 0.2) is 28.7 Å². The minimum absolute atomic E-state index is 0.0632. The van der Waals surface area contributed by atoms with Crippen molar-refractivity contribution in [3.05, 3.63) is 34.3 Å². The summed E-state index contributed by atoms with van der Waals surface area (Å²) in [6, 6.07) is 6.64. The summed E-state index contributed by atoms with van der Waals surface area (Å²) in [4.78, 5) is 34.6. The van der Waals surface area contributed by atoms with Crippen molar-refractivity contribution < 1.29 is 19.5 Å². The molecule has 1 aromatic rings. The Kier molecular flexibility index (Phi) is 6.78. The van der Waals surface area contributed by atoms with Gasteiger partial charge in [0.15, 0.2) is 0 Å². The van der Waals surface area contributed by atoms with Crippen molar-refractivity contribution in [2.75, 3.05) is 6.54 Å². The van der Waals surface area contributed by atoms with Gasteiger partial charge >= 0.3 is 5.97 Å². The van der Waals surface area contributed by atoms with Crippen molar-refractivity contribution in [2.45, 2.75) is 38.1 Å². The fraction of sp³-hybridized carbons (Fsp3) is 0.471. The van der Waals surface area contributed by atoms with Gasteiger partial charge in [0, 0.05) is 23.4 Å². The molecule has 0 bridgehead atoms. The molecular formula is C17H21BrN2O4. The Balaban J connectivity index is 1.80. The average molecular weight is 397 g/mol. The Morgan fingerprint density at radius 2 is 2.04 bits per heavy atom. The number of carbonyl (C=O) groups is 3. The highest BCUT2D eigenvalue weighted by Gasteiger charge is 2.29. The number of halogens is 1. The molecule has 7 heteroatoms. The Morgan fingerprint density at radius 3 is 2.67 bits per heavy atom. The predicted octanol–water partition coefficient (Wildman–Crippen LogP) is 2.39. The highest BCUT2D eigenvalue weighted by atomic mass is 79.9. The van der Waals surface area contributed by atoms with Gasteiger partial charge in [0.1, 0.15) is 0 Å². The first-order valence-electron chi connectivity index (χ1n) is 8.00. The van der Waals surface area contributed by atoms with Crippen molar-refractivity contribution >= 4 is 33.7 Å². The molecule has 2 rings (SSSR count). The van der Waals surface area contributed by atoms with E-state index in [0.29, 0.717) is 13.0 Å². The number of aliphatic carboxylic acids is 1. The first kappa shape index (κ1) is 18.4. The maximum Gasteiger partial charge on any atom is 0.305 e. The molecule has 1 aromatic carbocycles. The van der Waals surface area contributed by atoms with Gasteiger partial charge in [-0.05, 0) is 37.0 Å². The van der Waals surface area contributed by atoms with E-state index in [2.05, 4.69) is 26.6 Å². The molecule has 0 aromatic heterocycles. The largest absolute Gasteiger partial charge is 0.481 e. The molecule has 1 atom stereocenters. The molecule has 1 saturated carbocycles. The van der Waals surface area contributed by atoms with Crippen molar-refractivity contribution in [2.24, 2.45) is 5.92 Å². The van der Waals surface area contributed by atoms with Crippen molar-refractivity contribution in [3.8, 4) is 0 Å². The Bertz CT molecular complexity index is 616. The monoisotopic (exact) mass is 396 g/mol. The molecule has 24 heavy (non-hydrogen) atoms. The van der Waals surface area contributed by atoms with E-state index in [1.807, 2.05) is 6.07 Å². The maximum absolute atomic E-state index is 12.1. The highest BCUT2D eigenvalue weighted by molar-refractivity contribution is 9.10. The average Bonchev–Trinajstić information content (AvgIpc) is 3.35. The van der Waals surface area contributed by atoms with E-state index in [4.69, 9.17) is 5.11 Å². The van der Waals surface area contributed by atoms with Gasteiger partial charge in [-0.15, -0.1) is 0 Å². The highest BCUT2D eigenvalue weighted by Crippen LogP contribution is 2.28. The van der Waals surface area contributed by atoms with E-state index in [1.165, 1.54) is 0 Å². The minimum Gasteiger partial charge on any atom is -0.481 e. The third kappa shape index (κ3) is 6.31. The number of carbonyl (C=O) groups excluding carboxylic acids is 2. The standard InChI is InChI=1S/C17H21BrN2O4/c18-13-4-1-3-12(9-13)14(10-16(22)23)20-15(21)5-2-8-19-17(24)11-6-7-11/h1,3-4,9,11,14H,2,5-8,10H2,(H,19,24)(H,20,21)(H,22,23). The number of benzene rings is 1. The van der Waals surface area contributed by atoms with Gasteiger partial charge in [0.25, 0.3) is 0 Å². The number of carboxylic acid groups (broad SMARTS) is 1. The van der Waals surface area contributed by atoms with Gasteiger partial charge in [0.05, 0.1) is 12.5 Å². The number of rotatable bonds is 9. The fourth-order valence-electron chi connectivity index (χ4n) is 2.37. The molecule has 6 nitrogen and oxygen atoms in total. The zero-order valence-corrected chi connectivity index (χ0v) is 14.8. The number of amides is 2. The van der Waals surface area contributed by atoms with Crippen molar-refractivity contribution in [1.29, 1.82) is 0 Å². The van der Waals surface area contributed by atoms with Crippen LogP contribution in [0.25, 0.3) is 0 Å². The van der Waals surface area contributed by atoms with Crippen LogP contribution in [0.4, 0.5) is 0 Å². The van der Waals surface area contributed by atoms with Gasteiger partial charge in [-0.2, -0.15) is 0 Å². The van der Waals surface area contributed by atoms with E-state index in [-0.39, 0.29) is 30.6 Å². The lowest BCUT2D eigenvalue weighted by molar-refractivity contribution is -0.137. The maximum atomic E-state index is 12.1. The quantitative estimate of drug-likeness (QED) is 0.558. The summed E-state index contributed by atoms with van der Waals surface area (Å²) in [5, 5.41) is 14.6. The van der Waals surface area contributed by atoms with Crippen molar-refractivity contribution in [3.63, 3.8) is 0 Å². The summed E-state index contributed by atoms with van der Waals surface area (Å²) < 4.78 is 0.826. The lowest BCUT2D eigenvalue weighted by atomic mass is 10.0. The molecule has 1 unspecified atom stereocenters. The molecule has 0 heterocycles. The predicted molar refractivity (Wildman–Crippen MR) is 92.2 cm³/mol. The SMILES string of the molecule is O=C(O)CC(NC(=O)CCCNC(=O)C1CC1)c1cccc(Br)c1. The number of hydrogen-bond donors (Lipinski definition) is 3. The van der Waals surface area contributed by atoms with E-state index in [0.717, 1.165) is 22.9 Å². The summed E-state index contributed by atoms with van der Waals surface area (Å²) in [5.74, 6) is -0.970. The van der Waals surface area contributed by atoms with Crippen LogP contribution in [0, 0.1) is 5.92 Å². The lowest BCUT2D eigenvalue weighted by Gasteiger charge is -2.18. The summed E-state index contributed by atoms with van der Waals surface area (Å²) in [5.41, 5.74) is 0.738. The second kappa shape index (κ2) is 8.82. The molecule has 1 fully saturated rings. The van der Waals surface area contributed by atoms with E-state index in [1.54, 1.807) is 18.2 Å². The van der Waals surface area contributed by atoms with Crippen molar-refractivity contribution in [1.82, 2.24) is 10.6 Å². The molecular weight excluding hydrogens is 376 g/mol. The van der Waals surface area contributed by atoms with Crippen LogP contribution >= 0.6 is 15.9 Å². The topological polar surface area (TPSA) is 95.5 Å². The van der Waals surface area contributed by atoms with Crippen LogP contribution in [0.5, 0.6) is 0 Å². The zero-order chi connectivity index (χ0) is 17.5. The number of nitrogens with one attached hydrogen (secondary N) is 2. The second-order valence-electron chi connectivity index (χ2n) is 5.94. The first-order valence-corrected chi connectivity index (χ1v) is 8.79. The summed E-state index contributed by atoms with van der Waals surface area (Å²) in [6.45, 7) is 0.462. The molecule has 1 aliphatic rings. The van der Waals surface area contributed by atoms with Crippen LogP contribution in [-0.2, 0) is 14.4 Å². The van der Waals surface area contributed by atoms with Crippen LogP contribution < -0.4 is 10.6 Å². The number of hydrogen-bond acceptors (Lipinski definition) is 3. The van der Waals surface area contributed by atoms with Gasteiger partial charge in [0.2, 0.25) is 11.8 Å². The summed E-state index contributed by atoms with van der Waals surface area (Å²) in [6.07, 6.45) is 2.50. The molecule has 130 valence electrons. The van der Waals surface area contributed by atoms with Crippen LogP contribution in [0.3, 0.4) is 0 Å². The third-order valence-electron chi connectivity index (χ3n) is 3.79. The lowest BCUT2D eigenvalue weighted by Crippen LogP contribution is -2.31. The normalized spacial score (nSPS) is 14.7. The van der Waals surface area contributed by atoms with Crippen LogP contribution in [0.2, 0.25) is 0 Å². The van der Waals surface area contributed by atoms with E-state index >= 15 is 0 Å². The Morgan fingerprint density at radius 1 is 1.29 bits per heavy atom. The van der Waals surface area contributed by atoms with Gasteiger partial charge in [-0.25, -0.2) is 0 Å². The molecule has 0 radical (unpaired) electrons. The van der Waals surface area contributed by atoms with Gasteiger partial charge in [-0.1, -0.05) is 28.1 Å². The summed E-state index contributed by atoms with van der Waals surface area (Å²) >= 11 is 3.34.